The summed E-state index contributed by atoms with van der Waals surface area (Å²) in [4.78, 5) is 14.5. The Morgan fingerprint density at radius 3 is 2.53 bits per heavy atom. The van der Waals surface area contributed by atoms with Crippen LogP contribution in [0.15, 0.2) is 0 Å². The zero-order valence-corrected chi connectivity index (χ0v) is 11.2. The smallest absolute Gasteiger partial charge is 0.325 e. The number of carbonyl (C=O) groups excluding carboxylic acids is 1. The summed E-state index contributed by atoms with van der Waals surface area (Å²) >= 11 is 0. The van der Waals surface area contributed by atoms with E-state index >= 15 is 0 Å². The molecule has 0 aromatic carbocycles. The summed E-state index contributed by atoms with van der Waals surface area (Å²) in [7, 11) is 3.04. The van der Waals surface area contributed by atoms with Crippen molar-refractivity contribution >= 4 is 6.03 Å². The fraction of sp³-hybridized carbons (Fsp3) is 0.909. The molecule has 0 saturated carbocycles. The number of ether oxygens (including phenoxy) is 2. The van der Waals surface area contributed by atoms with Gasteiger partial charge in [0.1, 0.15) is 19.7 Å². The summed E-state index contributed by atoms with van der Waals surface area (Å²) in [5.74, 6) is 0. The number of hydrogen-bond donors (Lipinski definition) is 1. The van der Waals surface area contributed by atoms with E-state index in [1.165, 1.54) is 30.9 Å². The van der Waals surface area contributed by atoms with Crippen LogP contribution in [0.4, 0.5) is 4.79 Å². The van der Waals surface area contributed by atoms with Gasteiger partial charge in [0.05, 0.1) is 0 Å². The van der Waals surface area contributed by atoms with E-state index in [0.717, 1.165) is 12.8 Å². The van der Waals surface area contributed by atoms with Crippen LogP contribution in [-0.4, -0.2) is 61.4 Å². The second kappa shape index (κ2) is 9.21. The number of nitrogens with zero attached hydrogens (tertiary/aromatic N) is 2. The maximum absolute atomic E-state index is 11.9. The molecule has 0 heterocycles. The molecule has 102 valence electrons. The highest BCUT2D eigenvalue weighted by Gasteiger charge is 2.20. The molecule has 2 amide bonds. The Hall–Kier alpha value is -0.850. The zero-order chi connectivity index (χ0) is 13.3. The SMILES string of the molecule is CCCCOCN(COC)C(=O)N(C)C(C)O. The van der Waals surface area contributed by atoms with Crippen molar-refractivity contribution in [3.63, 3.8) is 0 Å². The molecule has 0 radical (unpaired) electrons. The summed E-state index contributed by atoms with van der Waals surface area (Å²) in [6.45, 7) is 4.53. The number of rotatable bonds is 8. The standard InChI is InChI=1S/C11H24N2O4/c1-5-6-7-17-9-13(8-16-4)11(15)12(3)10(2)14/h10,14H,5-9H2,1-4H3. The minimum Gasteiger partial charge on any atom is -0.374 e. The highest BCUT2D eigenvalue weighted by molar-refractivity contribution is 5.74. The molecule has 0 rings (SSSR count). The van der Waals surface area contributed by atoms with Crippen LogP contribution in [0.25, 0.3) is 0 Å². The van der Waals surface area contributed by atoms with E-state index in [2.05, 4.69) is 6.92 Å². The van der Waals surface area contributed by atoms with Gasteiger partial charge in [0.15, 0.2) is 0 Å². The van der Waals surface area contributed by atoms with E-state index < -0.39 is 6.23 Å². The Bertz CT molecular complexity index is 212. The minimum atomic E-state index is -0.836. The highest BCUT2D eigenvalue weighted by Crippen LogP contribution is 2.01. The average Bonchev–Trinajstić information content (AvgIpc) is 2.31. The van der Waals surface area contributed by atoms with Crippen LogP contribution >= 0.6 is 0 Å². The third kappa shape index (κ3) is 6.45. The fourth-order valence-electron chi connectivity index (χ4n) is 1.11. The third-order valence-corrected chi connectivity index (χ3v) is 2.31. The van der Waals surface area contributed by atoms with E-state index in [-0.39, 0.29) is 19.5 Å². The summed E-state index contributed by atoms with van der Waals surface area (Å²) in [5, 5.41) is 9.31. The largest absolute Gasteiger partial charge is 0.374 e. The molecular formula is C11H24N2O4. The van der Waals surface area contributed by atoms with Gasteiger partial charge in [-0.1, -0.05) is 13.3 Å². The van der Waals surface area contributed by atoms with Crippen molar-refractivity contribution in [2.75, 3.05) is 34.2 Å². The molecule has 0 aliphatic carbocycles. The predicted octanol–water partition coefficient (Wildman–Crippen LogP) is 1.06. The summed E-state index contributed by atoms with van der Waals surface area (Å²) in [6, 6.07) is -0.321. The van der Waals surface area contributed by atoms with Crippen LogP contribution in [0.3, 0.4) is 0 Å². The molecule has 0 saturated heterocycles. The molecule has 0 aliphatic heterocycles. The van der Waals surface area contributed by atoms with Crippen molar-refractivity contribution in [3.8, 4) is 0 Å². The van der Waals surface area contributed by atoms with Crippen molar-refractivity contribution in [1.29, 1.82) is 0 Å². The molecule has 0 aliphatic rings. The van der Waals surface area contributed by atoms with Crippen LogP contribution in [0.5, 0.6) is 0 Å². The van der Waals surface area contributed by atoms with E-state index in [0.29, 0.717) is 6.61 Å². The van der Waals surface area contributed by atoms with Crippen molar-refractivity contribution < 1.29 is 19.4 Å². The predicted molar refractivity (Wildman–Crippen MR) is 64.3 cm³/mol. The normalized spacial score (nSPS) is 12.3. The third-order valence-electron chi connectivity index (χ3n) is 2.31. The average molecular weight is 248 g/mol. The van der Waals surface area contributed by atoms with E-state index in [9.17, 15) is 9.90 Å². The van der Waals surface area contributed by atoms with Gasteiger partial charge in [-0.15, -0.1) is 0 Å². The number of amides is 2. The van der Waals surface area contributed by atoms with Crippen LogP contribution in [-0.2, 0) is 9.47 Å². The second-order valence-electron chi connectivity index (χ2n) is 3.87. The Morgan fingerprint density at radius 2 is 2.06 bits per heavy atom. The molecule has 0 spiro atoms. The number of methoxy groups -OCH3 is 1. The first-order valence-electron chi connectivity index (χ1n) is 5.81. The van der Waals surface area contributed by atoms with Crippen molar-refractivity contribution in [2.45, 2.75) is 32.9 Å². The molecule has 0 fully saturated rings. The number of aliphatic hydroxyl groups excluding tert-OH is 1. The number of aliphatic hydroxyl groups is 1. The molecule has 1 atom stereocenters. The van der Waals surface area contributed by atoms with Gasteiger partial charge in [-0.2, -0.15) is 0 Å². The first-order valence-corrected chi connectivity index (χ1v) is 5.81. The van der Waals surface area contributed by atoms with Crippen molar-refractivity contribution in [3.05, 3.63) is 0 Å². The molecule has 0 aromatic heterocycles. The van der Waals surface area contributed by atoms with Crippen LogP contribution in [0.1, 0.15) is 26.7 Å². The lowest BCUT2D eigenvalue weighted by molar-refractivity contribution is -0.0289. The van der Waals surface area contributed by atoms with Gasteiger partial charge in [-0.05, 0) is 13.3 Å². The lowest BCUT2D eigenvalue weighted by Crippen LogP contribution is -2.46. The quantitative estimate of drug-likeness (QED) is 0.515. The van der Waals surface area contributed by atoms with Crippen LogP contribution in [0.2, 0.25) is 0 Å². The summed E-state index contributed by atoms with van der Waals surface area (Å²) in [6.07, 6.45) is 1.17. The lowest BCUT2D eigenvalue weighted by Gasteiger charge is -2.28. The van der Waals surface area contributed by atoms with E-state index in [1.807, 2.05) is 0 Å². The van der Waals surface area contributed by atoms with Crippen LogP contribution < -0.4 is 0 Å². The van der Waals surface area contributed by atoms with Gasteiger partial charge in [0, 0.05) is 20.8 Å². The topological polar surface area (TPSA) is 62.2 Å². The van der Waals surface area contributed by atoms with Gasteiger partial charge in [-0.25, -0.2) is 4.79 Å². The molecule has 1 N–H and O–H groups in total. The molecule has 17 heavy (non-hydrogen) atoms. The van der Waals surface area contributed by atoms with Gasteiger partial charge in [0.2, 0.25) is 0 Å². The molecule has 6 nitrogen and oxygen atoms in total. The number of hydrogen-bond acceptors (Lipinski definition) is 4. The monoisotopic (exact) mass is 248 g/mol. The Morgan fingerprint density at radius 1 is 1.41 bits per heavy atom. The minimum absolute atomic E-state index is 0.141. The lowest BCUT2D eigenvalue weighted by atomic mass is 10.4. The van der Waals surface area contributed by atoms with E-state index in [4.69, 9.17) is 9.47 Å². The molecular weight excluding hydrogens is 224 g/mol. The fourth-order valence-corrected chi connectivity index (χ4v) is 1.11. The summed E-state index contributed by atoms with van der Waals surface area (Å²) < 4.78 is 10.3. The number of urea groups is 1. The molecule has 0 aromatic rings. The molecule has 6 heteroatoms. The molecule has 1 unspecified atom stereocenters. The van der Waals surface area contributed by atoms with Gasteiger partial charge in [0.25, 0.3) is 0 Å². The van der Waals surface area contributed by atoms with Crippen LogP contribution in [0, 0.1) is 0 Å². The Labute approximate surface area is 103 Å². The van der Waals surface area contributed by atoms with E-state index in [1.54, 1.807) is 0 Å². The Balaban J connectivity index is 4.16. The maximum atomic E-state index is 11.9. The number of unbranched alkanes of at least 4 members (excludes halogenated alkanes) is 1. The Kier molecular flexibility index (Phi) is 8.75. The first kappa shape index (κ1) is 16.1. The first-order chi connectivity index (χ1) is 8.04. The van der Waals surface area contributed by atoms with Gasteiger partial charge < -0.3 is 19.5 Å². The molecule has 0 bridgehead atoms. The highest BCUT2D eigenvalue weighted by atomic mass is 16.5. The number of carbonyl (C=O) groups is 1. The summed E-state index contributed by atoms with van der Waals surface area (Å²) in [5.41, 5.74) is 0. The maximum Gasteiger partial charge on any atom is 0.325 e. The van der Waals surface area contributed by atoms with Gasteiger partial charge >= 0.3 is 6.03 Å². The van der Waals surface area contributed by atoms with Crippen molar-refractivity contribution in [2.24, 2.45) is 0 Å². The zero-order valence-electron chi connectivity index (χ0n) is 11.2. The second-order valence-corrected chi connectivity index (χ2v) is 3.87. The van der Waals surface area contributed by atoms with Crippen molar-refractivity contribution in [1.82, 2.24) is 9.80 Å². The van der Waals surface area contributed by atoms with Gasteiger partial charge in [-0.3, -0.25) is 4.90 Å².